The van der Waals surface area contributed by atoms with Gasteiger partial charge in [0, 0.05) is 18.0 Å². The first-order chi connectivity index (χ1) is 13.5. The molecule has 160 valence electrons. The van der Waals surface area contributed by atoms with E-state index in [0.717, 1.165) is 24.1 Å². The molecule has 9 heteroatoms. The van der Waals surface area contributed by atoms with Gasteiger partial charge in [-0.05, 0) is 54.0 Å². The molecule has 3 rings (SSSR count). The number of sulfonamides is 2. The molecule has 2 aromatic rings. The van der Waals surface area contributed by atoms with Gasteiger partial charge < -0.3 is 0 Å². The van der Waals surface area contributed by atoms with Crippen molar-refractivity contribution in [1.29, 1.82) is 0 Å². The molecule has 1 N–H and O–H groups in total. The zero-order valence-corrected chi connectivity index (χ0v) is 19.4. The molecule has 6 nitrogen and oxygen atoms in total. The van der Waals surface area contributed by atoms with Crippen LogP contribution in [0.3, 0.4) is 0 Å². The molecule has 0 spiro atoms. The van der Waals surface area contributed by atoms with Crippen LogP contribution in [0.4, 0.5) is 0 Å². The number of nitrogens with one attached hydrogen (secondary N) is 1. The first-order valence-electron chi connectivity index (χ1n) is 9.68. The second kappa shape index (κ2) is 8.47. The Morgan fingerprint density at radius 3 is 2.03 bits per heavy atom. The van der Waals surface area contributed by atoms with Gasteiger partial charge in [0.05, 0.1) is 15.8 Å². The van der Waals surface area contributed by atoms with E-state index < -0.39 is 20.0 Å². The summed E-state index contributed by atoms with van der Waals surface area (Å²) >= 11 is 1.50. The summed E-state index contributed by atoms with van der Waals surface area (Å²) in [6.45, 7) is 6.96. The molecule has 0 saturated carbocycles. The third kappa shape index (κ3) is 5.08. The van der Waals surface area contributed by atoms with Crippen molar-refractivity contribution in [2.24, 2.45) is 5.41 Å². The first-order valence-corrected chi connectivity index (χ1v) is 13.5. The fraction of sp³-hybridized carbons (Fsp3) is 0.500. The molecule has 1 aromatic carbocycles. The Kier molecular flexibility index (Phi) is 6.55. The van der Waals surface area contributed by atoms with Crippen molar-refractivity contribution in [3.8, 4) is 0 Å². The van der Waals surface area contributed by atoms with Gasteiger partial charge in [-0.2, -0.15) is 4.31 Å². The molecule has 1 fully saturated rings. The van der Waals surface area contributed by atoms with Gasteiger partial charge in [0.15, 0.2) is 0 Å². The van der Waals surface area contributed by atoms with Crippen molar-refractivity contribution < 1.29 is 16.8 Å². The van der Waals surface area contributed by atoms with E-state index in [0.29, 0.717) is 13.1 Å². The van der Waals surface area contributed by atoms with Crippen LogP contribution in [0, 0.1) is 5.41 Å². The molecule has 0 amide bonds. The molecule has 1 atom stereocenters. The normalized spacial score (nSPS) is 17.9. The number of hydrogen-bond acceptors (Lipinski definition) is 5. The Labute approximate surface area is 178 Å². The van der Waals surface area contributed by atoms with Gasteiger partial charge in [0.2, 0.25) is 20.0 Å². The molecular formula is C20H28N2O4S3. The van der Waals surface area contributed by atoms with Gasteiger partial charge in [0.1, 0.15) is 0 Å². The van der Waals surface area contributed by atoms with Crippen LogP contribution in [0.2, 0.25) is 0 Å². The molecule has 0 radical (unpaired) electrons. The Balaban J connectivity index is 1.84. The van der Waals surface area contributed by atoms with Gasteiger partial charge in [0.25, 0.3) is 0 Å². The second-order valence-electron chi connectivity index (χ2n) is 8.37. The summed E-state index contributed by atoms with van der Waals surface area (Å²) in [5, 5.41) is 1.92. The molecule has 1 saturated heterocycles. The molecule has 1 aromatic heterocycles. The lowest BCUT2D eigenvalue weighted by molar-refractivity contribution is 0.308. The van der Waals surface area contributed by atoms with Crippen molar-refractivity contribution >= 4 is 31.4 Å². The third-order valence-corrected chi connectivity index (χ3v) is 9.34. The van der Waals surface area contributed by atoms with Crippen LogP contribution in [0.25, 0.3) is 0 Å². The van der Waals surface area contributed by atoms with Gasteiger partial charge >= 0.3 is 0 Å². The highest BCUT2D eigenvalue weighted by atomic mass is 32.2. The van der Waals surface area contributed by atoms with E-state index in [-0.39, 0.29) is 21.2 Å². The van der Waals surface area contributed by atoms with Crippen LogP contribution in [-0.2, 0) is 20.0 Å². The topological polar surface area (TPSA) is 83.5 Å². The maximum Gasteiger partial charge on any atom is 0.243 e. The molecular weight excluding hydrogens is 428 g/mol. The molecule has 1 aliphatic heterocycles. The number of nitrogens with zero attached hydrogens (tertiary/aromatic N) is 1. The van der Waals surface area contributed by atoms with Crippen LogP contribution in [0.1, 0.15) is 51.0 Å². The summed E-state index contributed by atoms with van der Waals surface area (Å²) < 4.78 is 55.8. The summed E-state index contributed by atoms with van der Waals surface area (Å²) in [6, 6.07) is 8.93. The van der Waals surface area contributed by atoms with E-state index in [1.165, 1.54) is 39.9 Å². The number of thiophene rings is 1. The van der Waals surface area contributed by atoms with E-state index in [2.05, 4.69) is 4.72 Å². The average molecular weight is 457 g/mol. The van der Waals surface area contributed by atoms with Crippen LogP contribution < -0.4 is 4.72 Å². The monoisotopic (exact) mass is 456 g/mol. The molecule has 29 heavy (non-hydrogen) atoms. The predicted octanol–water partition coefficient (Wildman–Crippen LogP) is 3.99. The van der Waals surface area contributed by atoms with Crippen molar-refractivity contribution in [2.45, 2.75) is 55.9 Å². The lowest BCUT2D eigenvalue weighted by Gasteiger charge is -2.30. The van der Waals surface area contributed by atoms with Crippen molar-refractivity contribution in [2.75, 3.05) is 13.1 Å². The van der Waals surface area contributed by atoms with Crippen LogP contribution in [0.5, 0.6) is 0 Å². The summed E-state index contributed by atoms with van der Waals surface area (Å²) in [5.41, 5.74) is -0.324. The smallest absolute Gasteiger partial charge is 0.207 e. The first kappa shape index (κ1) is 22.4. The van der Waals surface area contributed by atoms with E-state index in [4.69, 9.17) is 0 Å². The Morgan fingerprint density at radius 2 is 1.52 bits per heavy atom. The molecule has 2 heterocycles. The fourth-order valence-corrected chi connectivity index (χ4v) is 7.42. The van der Waals surface area contributed by atoms with Crippen molar-refractivity contribution in [3.63, 3.8) is 0 Å². The minimum atomic E-state index is -3.81. The minimum Gasteiger partial charge on any atom is -0.207 e. The number of rotatable bonds is 6. The van der Waals surface area contributed by atoms with Crippen LogP contribution in [0.15, 0.2) is 51.6 Å². The largest absolute Gasteiger partial charge is 0.243 e. The molecule has 1 aliphatic rings. The van der Waals surface area contributed by atoms with Gasteiger partial charge in [-0.1, -0.05) is 33.3 Å². The number of piperidine rings is 1. The van der Waals surface area contributed by atoms with E-state index in [1.807, 2.05) is 38.3 Å². The van der Waals surface area contributed by atoms with Crippen molar-refractivity contribution in [3.05, 3.63) is 46.7 Å². The standard InChI is InChI=1S/C20H28N2O4S3/c1-20(2,3)19(18-8-7-15-27-18)21-28(23,24)16-9-11-17(12-10-16)29(25,26)22-13-5-4-6-14-22/h7-12,15,19,21H,4-6,13-14H2,1-3H3. The highest BCUT2D eigenvalue weighted by Crippen LogP contribution is 2.36. The zero-order chi connectivity index (χ0) is 21.3. The summed E-state index contributed by atoms with van der Waals surface area (Å²) in [5.74, 6) is 0. The summed E-state index contributed by atoms with van der Waals surface area (Å²) in [7, 11) is -7.39. The number of hydrogen-bond donors (Lipinski definition) is 1. The van der Waals surface area contributed by atoms with Gasteiger partial charge in [-0.15, -0.1) is 11.3 Å². The Morgan fingerprint density at radius 1 is 0.931 bits per heavy atom. The summed E-state index contributed by atoms with van der Waals surface area (Å²) in [4.78, 5) is 1.12. The third-order valence-electron chi connectivity index (χ3n) is 5.05. The fourth-order valence-electron chi connectivity index (χ4n) is 3.39. The average Bonchev–Trinajstić information content (AvgIpc) is 3.20. The Hall–Kier alpha value is -1.26. The van der Waals surface area contributed by atoms with Crippen molar-refractivity contribution in [1.82, 2.24) is 9.03 Å². The minimum absolute atomic E-state index is 0.0564. The zero-order valence-electron chi connectivity index (χ0n) is 17.0. The van der Waals surface area contributed by atoms with E-state index >= 15 is 0 Å². The van der Waals surface area contributed by atoms with Crippen LogP contribution in [-0.4, -0.2) is 34.2 Å². The molecule has 1 unspecified atom stereocenters. The SMILES string of the molecule is CC(C)(C)C(NS(=O)(=O)c1ccc(S(=O)(=O)N2CCCCC2)cc1)c1cccs1. The second-order valence-corrected chi connectivity index (χ2v) is 13.0. The maximum absolute atomic E-state index is 13.0. The highest BCUT2D eigenvalue weighted by Gasteiger charge is 2.32. The quantitative estimate of drug-likeness (QED) is 0.712. The maximum atomic E-state index is 13.0. The lowest BCUT2D eigenvalue weighted by atomic mass is 9.86. The Bertz CT molecular complexity index is 1020. The van der Waals surface area contributed by atoms with Crippen LogP contribution >= 0.6 is 11.3 Å². The predicted molar refractivity (Wildman–Crippen MR) is 116 cm³/mol. The van der Waals surface area contributed by atoms with Gasteiger partial charge in [-0.25, -0.2) is 21.6 Å². The lowest BCUT2D eigenvalue weighted by Crippen LogP contribution is -2.36. The van der Waals surface area contributed by atoms with Gasteiger partial charge in [-0.3, -0.25) is 0 Å². The molecule has 0 aliphatic carbocycles. The van der Waals surface area contributed by atoms with E-state index in [9.17, 15) is 16.8 Å². The highest BCUT2D eigenvalue weighted by molar-refractivity contribution is 7.89. The molecule has 0 bridgehead atoms. The van der Waals surface area contributed by atoms with E-state index in [1.54, 1.807) is 0 Å². The number of benzene rings is 1. The summed E-state index contributed by atoms with van der Waals surface area (Å²) in [6.07, 6.45) is 2.74.